The summed E-state index contributed by atoms with van der Waals surface area (Å²) in [5, 5.41) is 5.49. The smallest absolute Gasteiger partial charge is 0.240 e. The lowest BCUT2D eigenvalue weighted by Gasteiger charge is -2.16. The molecule has 1 aliphatic rings. The third kappa shape index (κ3) is 4.46. The van der Waals surface area contributed by atoms with Crippen molar-refractivity contribution >= 4 is 32.5 Å². The molecule has 0 saturated heterocycles. The summed E-state index contributed by atoms with van der Waals surface area (Å²) in [6.07, 6.45) is 2.35. The molecule has 0 amide bonds. The number of hydrogen-bond acceptors (Lipinski definition) is 5. The lowest BCUT2D eigenvalue weighted by atomic mass is 10.2. The number of fused-ring (bicyclic) bond motifs is 2. The van der Waals surface area contributed by atoms with Crippen LogP contribution in [0.2, 0.25) is 5.02 Å². The van der Waals surface area contributed by atoms with E-state index in [1.54, 1.807) is 54.2 Å². The average Bonchev–Trinajstić information content (AvgIpc) is 3.44. The third-order valence-electron chi connectivity index (χ3n) is 5.51. The van der Waals surface area contributed by atoms with Gasteiger partial charge in [-0.05, 0) is 67.1 Å². The highest BCUT2D eigenvalue weighted by molar-refractivity contribution is 7.89. The largest absolute Gasteiger partial charge is 0.493 e. The summed E-state index contributed by atoms with van der Waals surface area (Å²) in [7, 11) is -3.72. The van der Waals surface area contributed by atoms with Gasteiger partial charge >= 0.3 is 0 Å². The first-order valence-electron chi connectivity index (χ1n) is 10.6. The molecule has 34 heavy (non-hydrogen) atoms. The van der Waals surface area contributed by atoms with Crippen LogP contribution >= 0.6 is 11.6 Å². The highest BCUT2D eigenvalue weighted by Crippen LogP contribution is 2.32. The molecule has 0 spiro atoms. The maximum atomic E-state index is 13.2. The molecule has 1 N–H and O–H groups in total. The number of nitrogens with one attached hydrogen (secondary N) is 1. The van der Waals surface area contributed by atoms with E-state index in [-0.39, 0.29) is 17.3 Å². The molecule has 5 rings (SSSR count). The predicted molar refractivity (Wildman–Crippen MR) is 127 cm³/mol. The molecule has 3 aromatic carbocycles. The summed E-state index contributed by atoms with van der Waals surface area (Å²) in [6.45, 7) is 2.35. The Morgan fingerprint density at radius 3 is 2.79 bits per heavy atom. The van der Waals surface area contributed by atoms with Gasteiger partial charge in [-0.15, -0.1) is 0 Å². The van der Waals surface area contributed by atoms with Gasteiger partial charge in [0, 0.05) is 11.8 Å². The highest BCUT2D eigenvalue weighted by atomic mass is 35.5. The maximum absolute atomic E-state index is 13.2. The van der Waals surface area contributed by atoms with Gasteiger partial charge in [0.1, 0.15) is 23.9 Å². The Hall–Kier alpha value is -3.14. The van der Waals surface area contributed by atoms with E-state index in [0.717, 1.165) is 22.2 Å². The fourth-order valence-corrected chi connectivity index (χ4v) is 5.33. The summed E-state index contributed by atoms with van der Waals surface area (Å²) in [4.78, 5) is 0.191. The van der Waals surface area contributed by atoms with Crippen molar-refractivity contribution in [1.29, 1.82) is 0 Å². The van der Waals surface area contributed by atoms with Crippen molar-refractivity contribution in [2.24, 2.45) is 0 Å². The monoisotopic (exact) mass is 501 g/mol. The van der Waals surface area contributed by atoms with Crippen LogP contribution in [0.25, 0.3) is 16.6 Å². The Bertz CT molecular complexity index is 1470. The number of benzene rings is 3. The number of ether oxygens (including phenoxy) is 2. The summed E-state index contributed by atoms with van der Waals surface area (Å²) >= 11 is 6.43. The first kappa shape index (κ1) is 22.6. The SMILES string of the molecule is C[C@@H](COc1cc2cnn(-c3ccc(F)cc3)c2cc1Cl)NS(=O)(=O)c1ccc2c(c1)CCO2. The molecule has 2 heterocycles. The van der Waals surface area contributed by atoms with Crippen molar-refractivity contribution in [1.82, 2.24) is 14.5 Å². The van der Waals surface area contributed by atoms with Crippen LogP contribution in [0.4, 0.5) is 4.39 Å². The number of hydrogen-bond donors (Lipinski definition) is 1. The summed E-state index contributed by atoms with van der Waals surface area (Å²) in [5.74, 6) is 0.806. The molecule has 10 heteroatoms. The summed E-state index contributed by atoms with van der Waals surface area (Å²) < 4.78 is 54.4. The highest BCUT2D eigenvalue weighted by Gasteiger charge is 2.22. The second-order valence-corrected chi connectivity index (χ2v) is 10.2. The zero-order valence-corrected chi connectivity index (χ0v) is 19.7. The fraction of sp³-hybridized carbons (Fsp3) is 0.208. The van der Waals surface area contributed by atoms with E-state index in [0.29, 0.717) is 29.5 Å². The van der Waals surface area contributed by atoms with Crippen molar-refractivity contribution in [3.05, 3.63) is 77.2 Å². The van der Waals surface area contributed by atoms with E-state index < -0.39 is 16.1 Å². The molecular formula is C24H21ClFN3O4S. The first-order valence-corrected chi connectivity index (χ1v) is 12.5. The van der Waals surface area contributed by atoms with Gasteiger partial charge in [0.25, 0.3) is 0 Å². The van der Waals surface area contributed by atoms with E-state index in [2.05, 4.69) is 9.82 Å². The number of rotatable bonds is 7. The molecule has 0 aliphatic carbocycles. The first-order chi connectivity index (χ1) is 16.3. The minimum atomic E-state index is -3.72. The second-order valence-electron chi connectivity index (χ2n) is 8.08. The van der Waals surface area contributed by atoms with Gasteiger partial charge in [-0.1, -0.05) is 11.6 Å². The second kappa shape index (κ2) is 8.90. The van der Waals surface area contributed by atoms with Gasteiger partial charge in [0.05, 0.1) is 40.0 Å². The predicted octanol–water partition coefficient (Wildman–Crippen LogP) is 4.50. The molecule has 0 radical (unpaired) electrons. The zero-order chi connectivity index (χ0) is 23.9. The van der Waals surface area contributed by atoms with E-state index in [1.807, 2.05) is 0 Å². The Labute approximate surface area is 201 Å². The Balaban J connectivity index is 1.29. The van der Waals surface area contributed by atoms with Crippen LogP contribution in [0.3, 0.4) is 0 Å². The molecule has 4 aromatic rings. The molecule has 1 aromatic heterocycles. The molecule has 0 unspecified atom stereocenters. The molecule has 0 bridgehead atoms. The normalized spacial score (nSPS) is 14.1. The van der Waals surface area contributed by atoms with Gasteiger partial charge in [-0.25, -0.2) is 22.2 Å². The summed E-state index contributed by atoms with van der Waals surface area (Å²) in [5.41, 5.74) is 2.31. The van der Waals surface area contributed by atoms with Crippen LogP contribution in [0.1, 0.15) is 12.5 Å². The fourth-order valence-electron chi connectivity index (χ4n) is 3.84. The number of halogens is 2. The number of sulfonamides is 1. The van der Waals surface area contributed by atoms with Crippen molar-refractivity contribution in [2.45, 2.75) is 24.3 Å². The molecule has 1 atom stereocenters. The lowest BCUT2D eigenvalue weighted by molar-refractivity contribution is 0.288. The van der Waals surface area contributed by atoms with Gasteiger partial charge in [-0.3, -0.25) is 0 Å². The van der Waals surface area contributed by atoms with Gasteiger partial charge < -0.3 is 9.47 Å². The van der Waals surface area contributed by atoms with Gasteiger partial charge in [0.15, 0.2) is 0 Å². The van der Waals surface area contributed by atoms with E-state index in [1.165, 1.54) is 18.2 Å². The van der Waals surface area contributed by atoms with E-state index in [9.17, 15) is 12.8 Å². The van der Waals surface area contributed by atoms with E-state index in [4.69, 9.17) is 21.1 Å². The minimum absolute atomic E-state index is 0.0740. The van der Waals surface area contributed by atoms with Crippen LogP contribution in [0.5, 0.6) is 11.5 Å². The van der Waals surface area contributed by atoms with Crippen molar-refractivity contribution in [2.75, 3.05) is 13.2 Å². The van der Waals surface area contributed by atoms with Gasteiger partial charge in [0.2, 0.25) is 10.0 Å². The minimum Gasteiger partial charge on any atom is -0.493 e. The third-order valence-corrected chi connectivity index (χ3v) is 7.39. The van der Waals surface area contributed by atoms with Crippen LogP contribution in [0, 0.1) is 5.82 Å². The van der Waals surface area contributed by atoms with Crippen LogP contribution < -0.4 is 14.2 Å². The van der Waals surface area contributed by atoms with Crippen LogP contribution in [-0.2, 0) is 16.4 Å². The quantitative estimate of drug-likeness (QED) is 0.403. The molecule has 7 nitrogen and oxygen atoms in total. The standard InChI is InChI=1S/C24H21ClFN3O4S/c1-15(28-34(30,31)20-6-7-23-16(10-20)8-9-32-23)14-33-24-11-17-13-27-29(22(17)12-21(24)25)19-4-2-18(26)3-5-19/h2-7,10-13,15,28H,8-9,14H2,1H3/t15-/m0/s1. The average molecular weight is 502 g/mol. The molecule has 0 fully saturated rings. The van der Waals surface area contributed by atoms with Gasteiger partial charge in [-0.2, -0.15) is 5.10 Å². The van der Waals surface area contributed by atoms with Crippen LogP contribution in [0.15, 0.2) is 65.7 Å². The molecular weight excluding hydrogens is 481 g/mol. The summed E-state index contributed by atoms with van der Waals surface area (Å²) in [6, 6.07) is 13.8. The van der Waals surface area contributed by atoms with Crippen molar-refractivity contribution in [3.8, 4) is 17.2 Å². The molecule has 1 aliphatic heterocycles. The maximum Gasteiger partial charge on any atom is 0.240 e. The molecule has 0 saturated carbocycles. The van der Waals surface area contributed by atoms with Crippen LogP contribution in [-0.4, -0.2) is 37.5 Å². The number of aromatic nitrogens is 2. The lowest BCUT2D eigenvalue weighted by Crippen LogP contribution is -2.36. The Kier molecular flexibility index (Phi) is 5.93. The molecule has 176 valence electrons. The Morgan fingerprint density at radius 2 is 2.00 bits per heavy atom. The van der Waals surface area contributed by atoms with E-state index >= 15 is 0 Å². The van der Waals surface area contributed by atoms with Crippen molar-refractivity contribution in [3.63, 3.8) is 0 Å². The Morgan fingerprint density at radius 1 is 1.21 bits per heavy atom. The zero-order valence-electron chi connectivity index (χ0n) is 18.2. The number of nitrogens with zero attached hydrogens (tertiary/aromatic N) is 2. The topological polar surface area (TPSA) is 82.5 Å². The van der Waals surface area contributed by atoms with Crippen molar-refractivity contribution < 1.29 is 22.3 Å².